The van der Waals surface area contributed by atoms with Crippen molar-refractivity contribution in [2.75, 3.05) is 11.4 Å². The molecule has 2 aromatic carbocycles. The second-order valence-electron chi connectivity index (χ2n) is 5.16. The third-order valence-electron chi connectivity index (χ3n) is 3.80. The largest absolute Gasteiger partial charge is 0.367 e. The van der Waals surface area contributed by atoms with Crippen LogP contribution in [0, 0.1) is 0 Å². The summed E-state index contributed by atoms with van der Waals surface area (Å²) >= 11 is 3.60. The quantitative estimate of drug-likeness (QED) is 0.786. The topological polar surface area (TPSA) is 20.3 Å². The Kier molecular flexibility index (Phi) is 3.62. The molecule has 0 fully saturated rings. The molecule has 3 heteroatoms. The number of benzene rings is 2. The summed E-state index contributed by atoms with van der Waals surface area (Å²) in [7, 11) is 0. The summed E-state index contributed by atoms with van der Waals surface area (Å²) in [6.07, 6.45) is 1.01. The lowest BCUT2D eigenvalue weighted by atomic mass is 10.1. The molecule has 0 amide bonds. The lowest BCUT2D eigenvalue weighted by Gasteiger charge is -2.20. The number of rotatable bonds is 3. The smallest absolute Gasteiger partial charge is 0.159 e. The van der Waals surface area contributed by atoms with Crippen molar-refractivity contribution in [3.05, 3.63) is 63.6 Å². The van der Waals surface area contributed by atoms with E-state index in [2.05, 4.69) is 45.1 Å². The van der Waals surface area contributed by atoms with Gasteiger partial charge in [-0.15, -0.1) is 0 Å². The SMILES string of the molecule is CC(=O)c1ccc2c(c1)CCN2Cc1ccccc1Br. The maximum absolute atomic E-state index is 11.4. The summed E-state index contributed by atoms with van der Waals surface area (Å²) in [6, 6.07) is 14.4. The summed E-state index contributed by atoms with van der Waals surface area (Å²) in [4.78, 5) is 13.8. The van der Waals surface area contributed by atoms with Crippen LogP contribution in [0.5, 0.6) is 0 Å². The summed E-state index contributed by atoms with van der Waals surface area (Å²) < 4.78 is 1.15. The van der Waals surface area contributed by atoms with E-state index in [-0.39, 0.29) is 5.78 Å². The van der Waals surface area contributed by atoms with Crippen molar-refractivity contribution in [3.63, 3.8) is 0 Å². The first-order valence-corrected chi connectivity index (χ1v) is 7.56. The van der Waals surface area contributed by atoms with Gasteiger partial charge in [-0.3, -0.25) is 4.79 Å². The van der Waals surface area contributed by atoms with E-state index in [1.165, 1.54) is 16.8 Å². The van der Waals surface area contributed by atoms with E-state index >= 15 is 0 Å². The van der Waals surface area contributed by atoms with E-state index in [1.807, 2.05) is 18.2 Å². The Morgan fingerprint density at radius 3 is 2.80 bits per heavy atom. The number of carbonyl (C=O) groups excluding carboxylic acids is 1. The third kappa shape index (κ3) is 2.50. The Labute approximate surface area is 127 Å². The summed E-state index contributed by atoms with van der Waals surface area (Å²) in [5.41, 5.74) is 4.64. The van der Waals surface area contributed by atoms with Gasteiger partial charge in [0.2, 0.25) is 0 Å². The number of hydrogen-bond donors (Lipinski definition) is 0. The minimum absolute atomic E-state index is 0.136. The van der Waals surface area contributed by atoms with Gasteiger partial charge in [0, 0.05) is 28.8 Å². The fourth-order valence-corrected chi connectivity index (χ4v) is 3.10. The van der Waals surface area contributed by atoms with Gasteiger partial charge in [0.1, 0.15) is 0 Å². The molecule has 0 saturated heterocycles. The number of hydrogen-bond acceptors (Lipinski definition) is 2. The summed E-state index contributed by atoms with van der Waals surface area (Å²) in [6.45, 7) is 3.53. The van der Waals surface area contributed by atoms with Crippen LogP contribution in [0.1, 0.15) is 28.4 Å². The zero-order chi connectivity index (χ0) is 14.1. The molecule has 0 bridgehead atoms. The molecule has 1 aliphatic heterocycles. The predicted molar refractivity (Wildman–Crippen MR) is 85.3 cm³/mol. The molecule has 2 aromatic rings. The molecule has 0 radical (unpaired) electrons. The van der Waals surface area contributed by atoms with Gasteiger partial charge in [0.05, 0.1) is 0 Å². The third-order valence-corrected chi connectivity index (χ3v) is 4.57. The first-order chi connectivity index (χ1) is 9.65. The van der Waals surface area contributed by atoms with E-state index in [0.717, 1.165) is 29.5 Å². The number of Topliss-reactive ketones (excluding diaryl/α,β-unsaturated/α-hetero) is 1. The van der Waals surface area contributed by atoms with Crippen molar-refractivity contribution >= 4 is 27.4 Å². The van der Waals surface area contributed by atoms with Gasteiger partial charge < -0.3 is 4.90 Å². The highest BCUT2D eigenvalue weighted by molar-refractivity contribution is 9.10. The van der Waals surface area contributed by atoms with Crippen molar-refractivity contribution in [2.45, 2.75) is 19.9 Å². The number of halogens is 1. The molecule has 0 spiro atoms. The van der Waals surface area contributed by atoms with Crippen LogP contribution >= 0.6 is 15.9 Å². The van der Waals surface area contributed by atoms with Crippen LogP contribution in [-0.2, 0) is 13.0 Å². The van der Waals surface area contributed by atoms with Gasteiger partial charge in [-0.05, 0) is 48.7 Å². The molecule has 2 nitrogen and oxygen atoms in total. The van der Waals surface area contributed by atoms with Crippen LogP contribution in [0.3, 0.4) is 0 Å². The lowest BCUT2D eigenvalue weighted by molar-refractivity contribution is 0.101. The number of nitrogens with zero attached hydrogens (tertiary/aromatic N) is 1. The Morgan fingerprint density at radius 2 is 2.05 bits per heavy atom. The fourth-order valence-electron chi connectivity index (χ4n) is 2.69. The Morgan fingerprint density at radius 1 is 1.25 bits per heavy atom. The number of ketones is 1. The molecule has 0 N–H and O–H groups in total. The fraction of sp³-hybridized carbons (Fsp3) is 0.235. The lowest BCUT2D eigenvalue weighted by Crippen LogP contribution is -2.19. The molecule has 3 rings (SSSR count). The van der Waals surface area contributed by atoms with Gasteiger partial charge in [-0.1, -0.05) is 34.1 Å². The van der Waals surface area contributed by atoms with Gasteiger partial charge in [-0.25, -0.2) is 0 Å². The second kappa shape index (κ2) is 5.41. The van der Waals surface area contributed by atoms with Crippen LogP contribution < -0.4 is 4.90 Å². The highest BCUT2D eigenvalue weighted by Gasteiger charge is 2.20. The highest BCUT2D eigenvalue weighted by atomic mass is 79.9. The Hall–Kier alpha value is -1.61. The number of anilines is 1. The molecule has 20 heavy (non-hydrogen) atoms. The van der Waals surface area contributed by atoms with Gasteiger partial charge in [0.15, 0.2) is 5.78 Å². The maximum atomic E-state index is 11.4. The van der Waals surface area contributed by atoms with Crippen molar-refractivity contribution in [1.29, 1.82) is 0 Å². The molecule has 0 unspecified atom stereocenters. The minimum Gasteiger partial charge on any atom is -0.367 e. The standard InChI is InChI=1S/C17H16BrNO/c1-12(20)13-6-7-17-14(10-13)8-9-19(17)11-15-4-2-3-5-16(15)18/h2-7,10H,8-9,11H2,1H3. The van der Waals surface area contributed by atoms with Crippen molar-refractivity contribution in [2.24, 2.45) is 0 Å². The summed E-state index contributed by atoms with van der Waals surface area (Å²) in [5, 5.41) is 0. The van der Waals surface area contributed by atoms with Crippen LogP contribution in [0.15, 0.2) is 46.9 Å². The molecular formula is C17H16BrNO. The minimum atomic E-state index is 0.136. The number of carbonyl (C=O) groups is 1. The van der Waals surface area contributed by atoms with Crippen molar-refractivity contribution < 1.29 is 4.79 Å². The normalized spacial score (nSPS) is 13.4. The second-order valence-corrected chi connectivity index (χ2v) is 6.02. The molecule has 0 saturated carbocycles. The molecular weight excluding hydrogens is 314 g/mol. The molecule has 0 atom stereocenters. The van der Waals surface area contributed by atoms with Crippen LogP contribution in [0.4, 0.5) is 5.69 Å². The highest BCUT2D eigenvalue weighted by Crippen LogP contribution is 2.31. The average molecular weight is 330 g/mol. The Balaban J connectivity index is 1.87. The average Bonchev–Trinajstić information content (AvgIpc) is 2.84. The number of fused-ring (bicyclic) bond motifs is 1. The van der Waals surface area contributed by atoms with Crippen LogP contribution in [-0.4, -0.2) is 12.3 Å². The molecule has 0 aromatic heterocycles. The predicted octanol–water partition coefficient (Wildman–Crippen LogP) is 4.21. The van der Waals surface area contributed by atoms with Crippen molar-refractivity contribution in [1.82, 2.24) is 0 Å². The monoisotopic (exact) mass is 329 g/mol. The first kappa shape index (κ1) is 13.4. The van der Waals surface area contributed by atoms with E-state index in [9.17, 15) is 4.79 Å². The van der Waals surface area contributed by atoms with Gasteiger partial charge in [-0.2, -0.15) is 0 Å². The van der Waals surface area contributed by atoms with Crippen molar-refractivity contribution in [3.8, 4) is 0 Å². The first-order valence-electron chi connectivity index (χ1n) is 6.77. The zero-order valence-electron chi connectivity index (χ0n) is 11.4. The van der Waals surface area contributed by atoms with E-state index < -0.39 is 0 Å². The molecule has 102 valence electrons. The summed E-state index contributed by atoms with van der Waals surface area (Å²) in [5.74, 6) is 0.136. The van der Waals surface area contributed by atoms with Crippen LogP contribution in [0.25, 0.3) is 0 Å². The van der Waals surface area contributed by atoms with Gasteiger partial charge >= 0.3 is 0 Å². The molecule has 1 aliphatic rings. The van der Waals surface area contributed by atoms with E-state index in [1.54, 1.807) is 6.92 Å². The maximum Gasteiger partial charge on any atom is 0.159 e. The molecule has 1 heterocycles. The van der Waals surface area contributed by atoms with Gasteiger partial charge in [0.25, 0.3) is 0 Å². The van der Waals surface area contributed by atoms with E-state index in [4.69, 9.17) is 0 Å². The molecule has 0 aliphatic carbocycles. The zero-order valence-corrected chi connectivity index (χ0v) is 13.0. The van der Waals surface area contributed by atoms with E-state index in [0.29, 0.717) is 0 Å². The Bertz CT molecular complexity index is 666. The van der Waals surface area contributed by atoms with Crippen LogP contribution in [0.2, 0.25) is 0 Å².